The van der Waals surface area contributed by atoms with Crippen LogP contribution in [0, 0.1) is 5.92 Å². The summed E-state index contributed by atoms with van der Waals surface area (Å²) in [5.74, 6) is -0.139. The first-order valence-electron chi connectivity index (χ1n) is 9.68. The number of nitrogens with zero attached hydrogens (tertiary/aromatic N) is 1. The van der Waals surface area contributed by atoms with E-state index in [0.29, 0.717) is 28.1 Å². The zero-order valence-corrected chi connectivity index (χ0v) is 19.6. The van der Waals surface area contributed by atoms with Crippen molar-refractivity contribution in [3.05, 3.63) is 42.0 Å². The SMILES string of the molecule is COc1cc([C@H](O)[P@@](=O)(OCC(C)C)c2ccc(N(C)C)cc2)cc(OC)c1OC. The van der Waals surface area contributed by atoms with Crippen LogP contribution in [0.4, 0.5) is 5.69 Å². The molecule has 0 radical (unpaired) electrons. The van der Waals surface area contributed by atoms with Gasteiger partial charge < -0.3 is 28.7 Å². The molecule has 0 aliphatic rings. The molecule has 0 aromatic heterocycles. The van der Waals surface area contributed by atoms with Crippen LogP contribution in [0.5, 0.6) is 17.2 Å². The quantitative estimate of drug-likeness (QED) is 0.562. The van der Waals surface area contributed by atoms with Gasteiger partial charge in [-0.1, -0.05) is 13.8 Å². The van der Waals surface area contributed by atoms with Gasteiger partial charge in [0.05, 0.1) is 27.9 Å². The maximum Gasteiger partial charge on any atom is 0.264 e. The summed E-state index contributed by atoms with van der Waals surface area (Å²) in [5.41, 5.74) is 1.31. The van der Waals surface area contributed by atoms with E-state index in [2.05, 4.69) is 0 Å². The van der Waals surface area contributed by atoms with Gasteiger partial charge in [-0.25, -0.2) is 0 Å². The number of benzene rings is 2. The number of aliphatic hydroxyl groups is 1. The van der Waals surface area contributed by atoms with E-state index in [1.54, 1.807) is 24.3 Å². The largest absolute Gasteiger partial charge is 0.493 e. The molecular formula is C22H32NO6P. The number of anilines is 1. The van der Waals surface area contributed by atoms with Gasteiger partial charge in [-0.05, 0) is 47.9 Å². The smallest absolute Gasteiger partial charge is 0.264 e. The van der Waals surface area contributed by atoms with E-state index in [1.807, 2.05) is 45.0 Å². The Kier molecular flexibility index (Phi) is 8.18. The van der Waals surface area contributed by atoms with Gasteiger partial charge in [-0.2, -0.15) is 0 Å². The molecule has 0 aliphatic heterocycles. The molecule has 0 spiro atoms. The molecule has 8 heteroatoms. The van der Waals surface area contributed by atoms with Gasteiger partial charge >= 0.3 is 0 Å². The van der Waals surface area contributed by atoms with E-state index in [9.17, 15) is 9.67 Å². The standard InChI is InChI=1S/C22H32NO6P/c1-15(2)14-29-30(25,18-10-8-17(9-11-18)23(3)4)22(24)16-12-19(26-5)21(28-7)20(13-16)27-6/h8-13,15,22,24H,14H2,1-7H3/t22-,30+/m1/s1. The van der Waals surface area contributed by atoms with Crippen LogP contribution in [0.3, 0.4) is 0 Å². The highest BCUT2D eigenvalue weighted by Gasteiger charge is 2.37. The Morgan fingerprint density at radius 1 is 0.967 bits per heavy atom. The Hall–Kier alpha value is -2.21. The Balaban J connectivity index is 2.57. The third-order valence-electron chi connectivity index (χ3n) is 4.63. The maximum atomic E-state index is 14.1. The zero-order valence-electron chi connectivity index (χ0n) is 18.7. The van der Waals surface area contributed by atoms with Gasteiger partial charge in [0.25, 0.3) is 7.37 Å². The predicted molar refractivity (Wildman–Crippen MR) is 120 cm³/mol. The molecule has 0 bridgehead atoms. The van der Waals surface area contributed by atoms with Gasteiger partial charge in [0.1, 0.15) is 0 Å². The zero-order chi connectivity index (χ0) is 22.5. The van der Waals surface area contributed by atoms with Crippen molar-refractivity contribution in [3.63, 3.8) is 0 Å². The van der Waals surface area contributed by atoms with Crippen LogP contribution in [-0.4, -0.2) is 47.1 Å². The Morgan fingerprint density at radius 2 is 1.50 bits per heavy atom. The van der Waals surface area contributed by atoms with Crippen molar-refractivity contribution in [2.75, 3.05) is 46.9 Å². The fourth-order valence-electron chi connectivity index (χ4n) is 2.95. The molecule has 0 amide bonds. The summed E-state index contributed by atoms with van der Waals surface area (Å²) in [6.07, 6.45) is 0. The molecule has 1 N–H and O–H groups in total. The lowest BCUT2D eigenvalue weighted by Gasteiger charge is -2.26. The highest BCUT2D eigenvalue weighted by atomic mass is 31.2. The van der Waals surface area contributed by atoms with Crippen molar-refractivity contribution in [2.45, 2.75) is 19.7 Å². The van der Waals surface area contributed by atoms with E-state index < -0.39 is 13.2 Å². The van der Waals surface area contributed by atoms with Crippen molar-refractivity contribution >= 4 is 18.4 Å². The van der Waals surface area contributed by atoms with Crippen LogP contribution in [0.25, 0.3) is 0 Å². The number of ether oxygens (including phenoxy) is 3. The normalized spacial score (nSPS) is 14.2. The number of hydrogen-bond donors (Lipinski definition) is 1. The Bertz CT molecular complexity index is 857. The topological polar surface area (TPSA) is 77.5 Å². The minimum atomic E-state index is -3.69. The van der Waals surface area contributed by atoms with E-state index in [0.717, 1.165) is 5.69 Å². The van der Waals surface area contributed by atoms with E-state index >= 15 is 0 Å². The lowest BCUT2D eigenvalue weighted by Crippen LogP contribution is -2.17. The van der Waals surface area contributed by atoms with Gasteiger partial charge in [0.2, 0.25) is 5.75 Å². The van der Waals surface area contributed by atoms with Crippen molar-refractivity contribution in [1.29, 1.82) is 0 Å². The average Bonchev–Trinajstić information content (AvgIpc) is 2.75. The van der Waals surface area contributed by atoms with Gasteiger partial charge in [0.15, 0.2) is 17.3 Å². The van der Waals surface area contributed by atoms with Crippen LogP contribution in [-0.2, 0) is 9.09 Å². The van der Waals surface area contributed by atoms with Crippen molar-refractivity contribution < 1.29 is 28.4 Å². The summed E-state index contributed by atoms with van der Waals surface area (Å²) in [5, 5.41) is 11.7. The molecular weight excluding hydrogens is 405 g/mol. The fraction of sp³-hybridized carbons (Fsp3) is 0.455. The summed E-state index contributed by atoms with van der Waals surface area (Å²) in [6, 6.07) is 10.3. The number of methoxy groups -OCH3 is 3. The summed E-state index contributed by atoms with van der Waals surface area (Å²) < 4.78 is 36.0. The van der Waals surface area contributed by atoms with Crippen molar-refractivity contribution in [1.82, 2.24) is 0 Å². The van der Waals surface area contributed by atoms with E-state index in [-0.39, 0.29) is 12.5 Å². The molecule has 0 fully saturated rings. The Morgan fingerprint density at radius 3 is 1.90 bits per heavy atom. The molecule has 2 aromatic carbocycles. The number of aliphatic hydroxyl groups excluding tert-OH is 1. The second-order valence-electron chi connectivity index (χ2n) is 7.53. The van der Waals surface area contributed by atoms with Crippen LogP contribution < -0.4 is 24.4 Å². The summed E-state index contributed by atoms with van der Waals surface area (Å²) in [6.45, 7) is 4.17. The van der Waals surface area contributed by atoms with Crippen LogP contribution in [0.1, 0.15) is 25.3 Å². The average molecular weight is 437 g/mol. The minimum Gasteiger partial charge on any atom is -0.493 e. The van der Waals surface area contributed by atoms with Crippen LogP contribution >= 0.6 is 7.37 Å². The lowest BCUT2D eigenvalue weighted by molar-refractivity contribution is 0.202. The van der Waals surface area contributed by atoms with E-state index in [1.165, 1.54) is 21.3 Å². The predicted octanol–water partition coefficient (Wildman–Crippen LogP) is 4.05. The molecule has 0 heterocycles. The van der Waals surface area contributed by atoms with Crippen LogP contribution in [0.2, 0.25) is 0 Å². The third-order valence-corrected chi connectivity index (χ3v) is 7.13. The second-order valence-corrected chi connectivity index (χ2v) is 9.99. The monoisotopic (exact) mass is 437 g/mol. The van der Waals surface area contributed by atoms with Gasteiger partial charge in [0, 0.05) is 25.1 Å². The lowest BCUT2D eigenvalue weighted by atomic mass is 10.2. The molecule has 0 unspecified atom stereocenters. The van der Waals surface area contributed by atoms with Gasteiger partial charge in [-0.15, -0.1) is 0 Å². The molecule has 2 atom stereocenters. The van der Waals surface area contributed by atoms with Crippen molar-refractivity contribution in [3.8, 4) is 17.2 Å². The second kappa shape index (κ2) is 10.2. The first-order chi connectivity index (χ1) is 14.2. The molecule has 30 heavy (non-hydrogen) atoms. The highest BCUT2D eigenvalue weighted by Crippen LogP contribution is 2.59. The Labute approximate surface area is 179 Å². The molecule has 2 rings (SSSR count). The molecule has 0 saturated heterocycles. The van der Waals surface area contributed by atoms with Gasteiger partial charge in [-0.3, -0.25) is 4.57 Å². The first-order valence-corrected chi connectivity index (χ1v) is 11.4. The number of rotatable bonds is 10. The molecule has 7 nitrogen and oxygen atoms in total. The number of hydrogen-bond acceptors (Lipinski definition) is 7. The maximum absolute atomic E-state index is 14.1. The summed E-state index contributed by atoms with van der Waals surface area (Å²) >= 11 is 0. The molecule has 0 saturated carbocycles. The molecule has 2 aromatic rings. The minimum absolute atomic E-state index is 0.145. The van der Waals surface area contributed by atoms with E-state index in [4.69, 9.17) is 18.7 Å². The van der Waals surface area contributed by atoms with Crippen molar-refractivity contribution in [2.24, 2.45) is 5.92 Å². The fourth-order valence-corrected chi connectivity index (χ4v) is 5.15. The summed E-state index contributed by atoms with van der Waals surface area (Å²) in [7, 11) is 4.64. The third kappa shape index (κ3) is 5.09. The first kappa shape index (κ1) is 24.1. The highest BCUT2D eigenvalue weighted by molar-refractivity contribution is 7.67. The molecule has 166 valence electrons. The van der Waals surface area contributed by atoms with Crippen LogP contribution in [0.15, 0.2) is 36.4 Å². The summed E-state index contributed by atoms with van der Waals surface area (Å²) in [4.78, 5) is 1.94. The molecule has 0 aliphatic carbocycles.